The zero-order valence-corrected chi connectivity index (χ0v) is 20.1. The molecule has 34 heavy (non-hydrogen) atoms. The van der Waals surface area contributed by atoms with Gasteiger partial charge in [-0.2, -0.15) is 4.31 Å². The Bertz CT molecular complexity index is 1170. The minimum atomic E-state index is -3.80. The lowest BCUT2D eigenvalue weighted by Gasteiger charge is -2.34. The number of hydrogen-bond acceptors (Lipinski definition) is 6. The highest BCUT2D eigenvalue weighted by molar-refractivity contribution is 7.89. The average Bonchev–Trinajstić information content (AvgIpc) is 2.84. The number of ketones is 1. The number of piperidine rings is 1. The van der Waals surface area contributed by atoms with Crippen molar-refractivity contribution >= 4 is 33.3 Å². The first kappa shape index (κ1) is 25.4. The molecule has 9 nitrogen and oxygen atoms in total. The molecule has 2 amide bonds. The number of primary amides is 1. The van der Waals surface area contributed by atoms with Crippen LogP contribution in [0.4, 0.5) is 5.69 Å². The Kier molecular flexibility index (Phi) is 8.06. The molecule has 0 atom stereocenters. The summed E-state index contributed by atoms with van der Waals surface area (Å²) in [6.45, 7) is 1.82. The monoisotopic (exact) mass is 487 g/mol. The summed E-state index contributed by atoms with van der Waals surface area (Å²) < 4.78 is 32.9. The van der Waals surface area contributed by atoms with Crippen LogP contribution in [0.2, 0.25) is 0 Å². The summed E-state index contributed by atoms with van der Waals surface area (Å²) in [6, 6.07) is 13.0. The highest BCUT2D eigenvalue weighted by Crippen LogP contribution is 2.32. The third-order valence-electron chi connectivity index (χ3n) is 5.91. The quantitative estimate of drug-likeness (QED) is 0.540. The van der Waals surface area contributed by atoms with Crippen molar-refractivity contribution in [3.8, 4) is 5.75 Å². The molecule has 0 aromatic heterocycles. The van der Waals surface area contributed by atoms with Crippen molar-refractivity contribution in [3.63, 3.8) is 0 Å². The number of Topliss-reactive ketones (excluding diaryl/α,β-unsaturated/α-hetero) is 1. The Morgan fingerprint density at radius 3 is 2.38 bits per heavy atom. The molecule has 1 fully saturated rings. The van der Waals surface area contributed by atoms with Crippen LogP contribution >= 0.6 is 0 Å². The molecule has 1 saturated heterocycles. The predicted octanol–water partition coefficient (Wildman–Crippen LogP) is 2.21. The van der Waals surface area contributed by atoms with E-state index in [1.165, 1.54) is 35.4 Å². The van der Waals surface area contributed by atoms with E-state index < -0.39 is 21.8 Å². The van der Waals surface area contributed by atoms with E-state index in [9.17, 15) is 22.8 Å². The number of carbonyl (C=O) groups is 3. The summed E-state index contributed by atoms with van der Waals surface area (Å²) in [5, 5.41) is 0. The van der Waals surface area contributed by atoms with Gasteiger partial charge in [-0.25, -0.2) is 8.42 Å². The van der Waals surface area contributed by atoms with Crippen LogP contribution in [-0.2, 0) is 19.6 Å². The Morgan fingerprint density at radius 1 is 1.09 bits per heavy atom. The molecule has 0 bridgehead atoms. The van der Waals surface area contributed by atoms with Crippen molar-refractivity contribution < 1.29 is 27.5 Å². The largest absolute Gasteiger partial charge is 0.495 e. The van der Waals surface area contributed by atoms with Crippen LogP contribution in [0.1, 0.15) is 36.5 Å². The highest BCUT2D eigenvalue weighted by atomic mass is 32.2. The van der Waals surface area contributed by atoms with E-state index in [0.29, 0.717) is 29.8 Å². The van der Waals surface area contributed by atoms with Gasteiger partial charge in [0.2, 0.25) is 21.8 Å². The molecule has 1 aliphatic heterocycles. The fraction of sp³-hybridized carbons (Fsp3) is 0.375. The standard InChI is InChI=1S/C24H29N3O6S/c1-17(28)19-6-5-7-20(16-19)34(31,32)26-13-10-18(11-14-26)24(30)27(15-12-23(25)29)21-8-3-4-9-22(21)33-2/h3-9,16,18H,10-15H2,1-2H3,(H2,25,29). The topological polar surface area (TPSA) is 127 Å². The first-order chi connectivity index (χ1) is 16.1. The smallest absolute Gasteiger partial charge is 0.243 e. The number of nitrogens with two attached hydrogens (primary N) is 1. The highest BCUT2D eigenvalue weighted by Gasteiger charge is 2.35. The van der Waals surface area contributed by atoms with E-state index in [4.69, 9.17) is 10.5 Å². The fourth-order valence-electron chi connectivity index (χ4n) is 4.01. The van der Waals surface area contributed by atoms with E-state index in [1.807, 2.05) is 0 Å². The summed E-state index contributed by atoms with van der Waals surface area (Å²) in [6.07, 6.45) is 0.642. The summed E-state index contributed by atoms with van der Waals surface area (Å²) in [4.78, 5) is 38.0. The van der Waals surface area contributed by atoms with Gasteiger partial charge in [-0.05, 0) is 44.0 Å². The van der Waals surface area contributed by atoms with E-state index in [2.05, 4.69) is 0 Å². The second-order valence-electron chi connectivity index (χ2n) is 8.14. The molecular weight excluding hydrogens is 458 g/mol. The number of nitrogens with zero attached hydrogens (tertiary/aromatic N) is 2. The summed E-state index contributed by atoms with van der Waals surface area (Å²) in [5.41, 5.74) is 6.18. The number of carbonyl (C=O) groups excluding carboxylic acids is 3. The number of sulfonamides is 1. The number of amides is 2. The van der Waals surface area contributed by atoms with Crippen LogP contribution in [0.3, 0.4) is 0 Å². The van der Waals surface area contributed by atoms with Crippen molar-refractivity contribution in [1.29, 1.82) is 0 Å². The van der Waals surface area contributed by atoms with Crippen LogP contribution in [0.5, 0.6) is 5.75 Å². The molecule has 182 valence electrons. The molecule has 0 saturated carbocycles. The van der Waals surface area contributed by atoms with Gasteiger partial charge in [0, 0.05) is 37.5 Å². The zero-order chi connectivity index (χ0) is 24.9. The lowest BCUT2D eigenvalue weighted by Crippen LogP contribution is -2.45. The van der Waals surface area contributed by atoms with Crippen LogP contribution in [-0.4, -0.2) is 57.1 Å². The fourth-order valence-corrected chi connectivity index (χ4v) is 5.53. The number of ether oxygens (including phenoxy) is 1. The van der Waals surface area contributed by atoms with Crippen LogP contribution in [0, 0.1) is 5.92 Å². The van der Waals surface area contributed by atoms with Gasteiger partial charge in [-0.3, -0.25) is 14.4 Å². The van der Waals surface area contributed by atoms with Gasteiger partial charge in [0.15, 0.2) is 5.78 Å². The molecule has 0 unspecified atom stereocenters. The molecule has 2 N–H and O–H groups in total. The normalized spacial score (nSPS) is 15.0. The minimum absolute atomic E-state index is 0.0104. The second-order valence-corrected chi connectivity index (χ2v) is 10.1. The SMILES string of the molecule is COc1ccccc1N(CCC(N)=O)C(=O)C1CCN(S(=O)(=O)c2cccc(C(C)=O)c2)CC1. The third kappa shape index (κ3) is 5.63. The number of methoxy groups -OCH3 is 1. The first-order valence-corrected chi connectivity index (χ1v) is 12.4. The van der Waals surface area contributed by atoms with E-state index in [-0.39, 0.29) is 42.6 Å². The van der Waals surface area contributed by atoms with Crippen LogP contribution in [0.15, 0.2) is 53.4 Å². The molecule has 2 aromatic carbocycles. The lowest BCUT2D eigenvalue weighted by atomic mass is 9.96. The second kappa shape index (κ2) is 10.8. The van der Waals surface area contributed by atoms with E-state index in [1.54, 1.807) is 36.4 Å². The van der Waals surface area contributed by atoms with E-state index >= 15 is 0 Å². The maximum Gasteiger partial charge on any atom is 0.243 e. The molecule has 2 aromatic rings. The lowest BCUT2D eigenvalue weighted by molar-refractivity contribution is -0.123. The Balaban J connectivity index is 1.76. The van der Waals surface area contributed by atoms with Crippen molar-refractivity contribution in [3.05, 3.63) is 54.1 Å². The number of hydrogen-bond donors (Lipinski definition) is 1. The first-order valence-electron chi connectivity index (χ1n) is 11.0. The van der Waals surface area contributed by atoms with Gasteiger partial charge < -0.3 is 15.4 Å². The Labute approximate surface area is 199 Å². The number of benzene rings is 2. The summed E-state index contributed by atoms with van der Waals surface area (Å²) in [5.74, 6) is -0.880. The Hall–Kier alpha value is -3.24. The molecule has 0 aliphatic carbocycles. The van der Waals surface area contributed by atoms with Crippen LogP contribution in [0.25, 0.3) is 0 Å². The number of anilines is 1. The minimum Gasteiger partial charge on any atom is -0.495 e. The molecule has 1 heterocycles. The maximum atomic E-state index is 13.4. The summed E-state index contributed by atoms with van der Waals surface area (Å²) >= 11 is 0. The van der Waals surface area contributed by atoms with Gasteiger partial charge in [-0.1, -0.05) is 24.3 Å². The van der Waals surface area contributed by atoms with Gasteiger partial charge in [0.1, 0.15) is 5.75 Å². The molecule has 0 spiro atoms. The summed E-state index contributed by atoms with van der Waals surface area (Å²) in [7, 11) is -2.30. The molecule has 10 heteroatoms. The average molecular weight is 488 g/mol. The van der Waals surface area contributed by atoms with Crippen LogP contribution < -0.4 is 15.4 Å². The van der Waals surface area contributed by atoms with E-state index in [0.717, 1.165) is 0 Å². The van der Waals surface area contributed by atoms with Crippen molar-refractivity contribution in [2.75, 3.05) is 31.6 Å². The molecule has 3 rings (SSSR count). The van der Waals surface area contributed by atoms with Crippen molar-refractivity contribution in [1.82, 2.24) is 4.31 Å². The Morgan fingerprint density at radius 2 is 1.76 bits per heavy atom. The molecule has 0 radical (unpaired) electrons. The van der Waals surface area contributed by atoms with Gasteiger partial charge in [0.05, 0.1) is 17.7 Å². The zero-order valence-electron chi connectivity index (χ0n) is 19.3. The van der Waals surface area contributed by atoms with Crippen molar-refractivity contribution in [2.45, 2.75) is 31.1 Å². The van der Waals surface area contributed by atoms with Gasteiger partial charge in [0.25, 0.3) is 0 Å². The molecule has 1 aliphatic rings. The predicted molar refractivity (Wildman–Crippen MR) is 127 cm³/mol. The van der Waals surface area contributed by atoms with Gasteiger partial charge >= 0.3 is 0 Å². The number of rotatable bonds is 9. The molecular formula is C24H29N3O6S. The third-order valence-corrected chi connectivity index (χ3v) is 7.80. The van der Waals surface area contributed by atoms with Crippen molar-refractivity contribution in [2.24, 2.45) is 11.7 Å². The van der Waals surface area contributed by atoms with Gasteiger partial charge in [-0.15, -0.1) is 0 Å². The number of para-hydroxylation sites is 2. The maximum absolute atomic E-state index is 13.4.